The molecule has 172 valence electrons. The molecule has 4 heteroatoms. The minimum absolute atomic E-state index is 0.879. The predicted molar refractivity (Wildman–Crippen MR) is 156 cm³/mol. The van der Waals surface area contributed by atoms with Gasteiger partial charge >= 0.3 is 0 Å². The molecule has 0 aliphatic carbocycles. The Morgan fingerprint density at radius 2 is 1.16 bits per heavy atom. The molecule has 0 unspecified atom stereocenters. The number of hydrogen-bond donors (Lipinski definition) is 0. The topological polar surface area (TPSA) is 31.0 Å². The van der Waals surface area contributed by atoms with Gasteiger partial charge in [0.25, 0.3) is 0 Å². The smallest absolute Gasteiger partial charge is 0.195 e. The molecule has 0 spiro atoms. The highest BCUT2D eigenvalue weighted by Crippen LogP contribution is 2.43. The van der Waals surface area contributed by atoms with Gasteiger partial charge in [-0.05, 0) is 51.9 Å². The number of nitrogens with zero attached hydrogens (tertiary/aromatic N) is 2. The quantitative estimate of drug-likeness (QED) is 0.229. The van der Waals surface area contributed by atoms with Gasteiger partial charge in [0.1, 0.15) is 11.2 Å². The molecule has 9 rings (SSSR count). The van der Waals surface area contributed by atoms with Crippen molar-refractivity contribution in [3.05, 3.63) is 109 Å². The molecular formula is C33H18N2OS. The summed E-state index contributed by atoms with van der Waals surface area (Å²) in [6.07, 6.45) is 0. The number of benzene rings is 6. The highest BCUT2D eigenvalue weighted by Gasteiger charge is 2.20. The molecule has 0 saturated heterocycles. The average molecular weight is 491 g/mol. The van der Waals surface area contributed by atoms with Gasteiger partial charge in [0.15, 0.2) is 5.13 Å². The lowest BCUT2D eigenvalue weighted by molar-refractivity contribution is 0.669. The minimum Gasteiger partial charge on any atom is -0.456 e. The molecule has 6 aromatic carbocycles. The van der Waals surface area contributed by atoms with Crippen molar-refractivity contribution in [1.82, 2.24) is 9.55 Å². The standard InChI is InChI=1S/C33H18N2OS/c1-3-9-21-19(7-1)13-15-24-29(21)30-22-10-4-2-8-20(22)14-16-25(30)35(24)33-34-32-28(37-33)18-17-27-31(32)23-11-5-6-12-26(23)36-27/h1-18H. The van der Waals surface area contributed by atoms with Gasteiger partial charge in [0.05, 0.1) is 26.6 Å². The Morgan fingerprint density at radius 3 is 1.86 bits per heavy atom. The van der Waals surface area contributed by atoms with Gasteiger partial charge in [0.2, 0.25) is 0 Å². The van der Waals surface area contributed by atoms with Crippen molar-refractivity contribution in [3.8, 4) is 5.13 Å². The van der Waals surface area contributed by atoms with Crippen LogP contribution < -0.4 is 0 Å². The fourth-order valence-electron chi connectivity index (χ4n) is 6.04. The number of rotatable bonds is 1. The van der Waals surface area contributed by atoms with E-state index >= 15 is 0 Å². The third kappa shape index (κ3) is 2.52. The van der Waals surface area contributed by atoms with Crippen molar-refractivity contribution in [2.75, 3.05) is 0 Å². The molecule has 0 saturated carbocycles. The van der Waals surface area contributed by atoms with E-state index in [2.05, 4.69) is 102 Å². The maximum atomic E-state index is 6.16. The lowest BCUT2D eigenvalue weighted by Gasteiger charge is -2.04. The zero-order chi connectivity index (χ0) is 24.1. The largest absolute Gasteiger partial charge is 0.456 e. The molecule has 3 aromatic heterocycles. The number of thiazole rings is 1. The normalized spacial score (nSPS) is 12.3. The van der Waals surface area contributed by atoms with E-state index in [4.69, 9.17) is 9.40 Å². The number of aromatic nitrogens is 2. The van der Waals surface area contributed by atoms with Crippen LogP contribution in [0.25, 0.3) is 80.6 Å². The molecule has 0 aliphatic rings. The molecule has 0 atom stereocenters. The van der Waals surface area contributed by atoms with Crippen LogP contribution in [-0.4, -0.2) is 9.55 Å². The SMILES string of the molecule is c1ccc2c(c1)ccc1c2c2c3ccccc3ccc2n1-c1nc2c(ccc3oc4ccccc4c32)s1. The lowest BCUT2D eigenvalue weighted by atomic mass is 10.00. The van der Waals surface area contributed by atoms with Crippen LogP contribution in [0.2, 0.25) is 0 Å². The second kappa shape index (κ2) is 6.96. The Balaban J connectivity index is 1.48. The predicted octanol–water partition coefficient (Wildman–Crippen LogP) is 9.60. The van der Waals surface area contributed by atoms with Crippen molar-refractivity contribution in [3.63, 3.8) is 0 Å². The molecule has 0 aliphatic heterocycles. The fraction of sp³-hybridized carbons (Fsp3) is 0. The molecular weight excluding hydrogens is 472 g/mol. The summed E-state index contributed by atoms with van der Waals surface area (Å²) in [5, 5.41) is 10.8. The van der Waals surface area contributed by atoms with Gasteiger partial charge in [-0.15, -0.1) is 0 Å². The third-order valence-corrected chi connectivity index (χ3v) is 8.63. The van der Waals surface area contributed by atoms with E-state index in [1.54, 1.807) is 11.3 Å². The molecule has 0 bridgehead atoms. The van der Waals surface area contributed by atoms with Crippen LogP contribution in [0.1, 0.15) is 0 Å². The van der Waals surface area contributed by atoms with E-state index in [0.717, 1.165) is 37.3 Å². The summed E-state index contributed by atoms with van der Waals surface area (Å²) in [5.74, 6) is 0. The first kappa shape index (κ1) is 19.5. The number of fused-ring (bicyclic) bond motifs is 12. The van der Waals surface area contributed by atoms with E-state index in [-0.39, 0.29) is 0 Å². The van der Waals surface area contributed by atoms with E-state index in [0.29, 0.717) is 0 Å². The second-order valence-electron chi connectivity index (χ2n) is 9.58. The van der Waals surface area contributed by atoms with Crippen molar-refractivity contribution in [2.45, 2.75) is 0 Å². The van der Waals surface area contributed by atoms with E-state index in [1.807, 2.05) is 12.1 Å². The molecule has 3 heterocycles. The van der Waals surface area contributed by atoms with Crippen molar-refractivity contribution in [1.29, 1.82) is 0 Å². The van der Waals surface area contributed by atoms with Crippen molar-refractivity contribution < 1.29 is 4.42 Å². The van der Waals surface area contributed by atoms with Crippen LogP contribution in [0.15, 0.2) is 114 Å². The minimum atomic E-state index is 0.879. The Kier molecular flexibility index (Phi) is 3.67. The van der Waals surface area contributed by atoms with Gasteiger partial charge in [-0.1, -0.05) is 90.2 Å². The van der Waals surface area contributed by atoms with Gasteiger partial charge in [-0.3, -0.25) is 4.57 Å². The maximum Gasteiger partial charge on any atom is 0.195 e. The number of furan rings is 1. The van der Waals surface area contributed by atoms with Crippen molar-refractivity contribution in [2.24, 2.45) is 0 Å². The third-order valence-electron chi connectivity index (χ3n) is 7.62. The fourth-order valence-corrected chi connectivity index (χ4v) is 7.04. The number of hydrogen-bond acceptors (Lipinski definition) is 3. The van der Waals surface area contributed by atoms with Crippen LogP contribution in [0.3, 0.4) is 0 Å². The van der Waals surface area contributed by atoms with E-state index in [1.165, 1.54) is 43.4 Å². The molecule has 0 fully saturated rings. The van der Waals surface area contributed by atoms with Crippen LogP contribution in [-0.2, 0) is 0 Å². The molecule has 0 N–H and O–H groups in total. The highest BCUT2D eigenvalue weighted by molar-refractivity contribution is 7.21. The zero-order valence-electron chi connectivity index (χ0n) is 19.6. The average Bonchev–Trinajstić information content (AvgIpc) is 3.63. The summed E-state index contributed by atoms with van der Waals surface area (Å²) in [4.78, 5) is 5.29. The van der Waals surface area contributed by atoms with Gasteiger partial charge in [-0.2, -0.15) is 0 Å². The van der Waals surface area contributed by atoms with Crippen LogP contribution in [0.5, 0.6) is 0 Å². The summed E-state index contributed by atoms with van der Waals surface area (Å²) >= 11 is 1.73. The second-order valence-corrected chi connectivity index (χ2v) is 10.6. The van der Waals surface area contributed by atoms with Crippen molar-refractivity contribution >= 4 is 86.8 Å². The lowest BCUT2D eigenvalue weighted by Crippen LogP contribution is -1.92. The Morgan fingerprint density at radius 1 is 0.541 bits per heavy atom. The van der Waals surface area contributed by atoms with E-state index in [9.17, 15) is 0 Å². The highest BCUT2D eigenvalue weighted by atomic mass is 32.1. The summed E-state index contributed by atoms with van der Waals surface area (Å²) in [7, 11) is 0. The van der Waals surface area contributed by atoms with Gasteiger partial charge < -0.3 is 4.42 Å². The Hall–Kier alpha value is -4.67. The van der Waals surface area contributed by atoms with E-state index < -0.39 is 0 Å². The van der Waals surface area contributed by atoms with Gasteiger partial charge in [-0.25, -0.2) is 4.98 Å². The first-order valence-corrected chi connectivity index (χ1v) is 13.2. The van der Waals surface area contributed by atoms with Crippen LogP contribution in [0.4, 0.5) is 0 Å². The summed E-state index contributed by atoms with van der Waals surface area (Å²) in [6.45, 7) is 0. The first-order chi connectivity index (χ1) is 18.3. The maximum absolute atomic E-state index is 6.16. The first-order valence-electron chi connectivity index (χ1n) is 12.4. The molecule has 37 heavy (non-hydrogen) atoms. The summed E-state index contributed by atoms with van der Waals surface area (Å²) in [5.41, 5.74) is 5.13. The zero-order valence-corrected chi connectivity index (χ0v) is 20.4. The molecule has 0 amide bonds. The molecule has 0 radical (unpaired) electrons. The van der Waals surface area contributed by atoms with Crippen LogP contribution >= 0.6 is 11.3 Å². The summed E-state index contributed by atoms with van der Waals surface area (Å²) in [6, 6.07) is 38.8. The monoisotopic (exact) mass is 490 g/mol. The Labute approximate surface area is 214 Å². The summed E-state index contributed by atoms with van der Waals surface area (Å²) < 4.78 is 9.66. The Bertz CT molecular complexity index is 2280. The molecule has 9 aromatic rings. The number of para-hydroxylation sites is 1. The van der Waals surface area contributed by atoms with Gasteiger partial charge in [0, 0.05) is 16.2 Å². The van der Waals surface area contributed by atoms with Crippen LogP contribution in [0, 0.1) is 0 Å². The molecule has 3 nitrogen and oxygen atoms in total.